The van der Waals surface area contributed by atoms with Crippen molar-refractivity contribution in [3.63, 3.8) is 0 Å². The molecule has 0 aliphatic carbocycles. The molecule has 0 aromatic heterocycles. The lowest BCUT2D eigenvalue weighted by Crippen LogP contribution is -3.13. The molecule has 1 aliphatic rings. The van der Waals surface area contributed by atoms with Crippen molar-refractivity contribution >= 4 is 5.91 Å². The fourth-order valence-electron chi connectivity index (χ4n) is 3.07. The van der Waals surface area contributed by atoms with Crippen LogP contribution in [0.2, 0.25) is 0 Å². The number of phenols is 1. The highest BCUT2D eigenvalue weighted by atomic mass is 16.5. The second-order valence-electron chi connectivity index (χ2n) is 7.37. The van der Waals surface area contributed by atoms with Gasteiger partial charge in [0, 0.05) is 12.5 Å². The molecule has 1 saturated heterocycles. The quantitative estimate of drug-likeness (QED) is 0.871. The molecule has 2 rings (SSSR count). The van der Waals surface area contributed by atoms with Gasteiger partial charge in [0.25, 0.3) is 0 Å². The third-order valence-corrected chi connectivity index (χ3v) is 4.56. The summed E-state index contributed by atoms with van der Waals surface area (Å²) in [6.07, 6.45) is 0. The summed E-state index contributed by atoms with van der Waals surface area (Å²) in [4.78, 5) is 14.7. The Morgan fingerprint density at radius 3 is 2.39 bits per heavy atom. The van der Waals surface area contributed by atoms with Gasteiger partial charge in [-0.15, -0.1) is 0 Å². The van der Waals surface area contributed by atoms with Crippen LogP contribution in [0.25, 0.3) is 0 Å². The summed E-state index contributed by atoms with van der Waals surface area (Å²) in [5.74, 6) is 1.30. The number of amides is 1. The molecular weight excluding hydrogens is 292 g/mol. The van der Waals surface area contributed by atoms with Crippen molar-refractivity contribution in [2.45, 2.75) is 39.7 Å². The molecule has 128 valence electrons. The SMILES string of the molecule is COc1cc(C[NH+]2CCN(C(C)=O)CC2)c(O)c(C(C)(C)C)c1. The van der Waals surface area contributed by atoms with E-state index in [1.807, 2.05) is 17.0 Å². The van der Waals surface area contributed by atoms with Gasteiger partial charge in [0.1, 0.15) is 18.0 Å². The number of methoxy groups -OCH3 is 1. The number of benzene rings is 1. The standard InChI is InChI=1S/C18H28N2O3/c1-13(21)20-8-6-19(7-9-20)12-14-10-15(23-5)11-16(17(14)22)18(2,3)4/h10-11,22H,6-9,12H2,1-5H3/p+1. The highest BCUT2D eigenvalue weighted by Crippen LogP contribution is 2.36. The first-order chi connectivity index (χ1) is 10.7. The molecule has 0 saturated carbocycles. The molecule has 0 bridgehead atoms. The van der Waals surface area contributed by atoms with Crippen LogP contribution >= 0.6 is 0 Å². The van der Waals surface area contributed by atoms with E-state index in [1.54, 1.807) is 14.0 Å². The summed E-state index contributed by atoms with van der Waals surface area (Å²) >= 11 is 0. The molecular formula is C18H29N2O3+. The number of hydrogen-bond acceptors (Lipinski definition) is 3. The van der Waals surface area contributed by atoms with Gasteiger partial charge < -0.3 is 19.6 Å². The first kappa shape index (κ1) is 17.6. The summed E-state index contributed by atoms with van der Waals surface area (Å²) in [5, 5.41) is 10.7. The number of rotatable bonds is 3. The Kier molecular flexibility index (Phi) is 5.19. The van der Waals surface area contributed by atoms with Gasteiger partial charge in [0.15, 0.2) is 0 Å². The molecule has 0 atom stereocenters. The Bertz CT molecular complexity index is 570. The topological polar surface area (TPSA) is 54.2 Å². The average Bonchev–Trinajstić information content (AvgIpc) is 2.48. The van der Waals surface area contributed by atoms with E-state index in [-0.39, 0.29) is 11.3 Å². The minimum Gasteiger partial charge on any atom is -0.507 e. The maximum absolute atomic E-state index is 11.4. The van der Waals surface area contributed by atoms with Crippen molar-refractivity contribution in [1.29, 1.82) is 0 Å². The number of carbonyl (C=O) groups is 1. The highest BCUT2D eigenvalue weighted by Gasteiger charge is 2.26. The number of carbonyl (C=O) groups excluding carboxylic acids is 1. The molecule has 1 aliphatic heterocycles. The van der Waals surface area contributed by atoms with E-state index in [4.69, 9.17) is 4.74 Å². The molecule has 1 aromatic carbocycles. The van der Waals surface area contributed by atoms with Gasteiger partial charge in [-0.3, -0.25) is 4.79 Å². The Labute approximate surface area is 138 Å². The fraction of sp³-hybridized carbons (Fsp3) is 0.611. The Morgan fingerprint density at radius 1 is 1.30 bits per heavy atom. The molecule has 5 nitrogen and oxygen atoms in total. The predicted octanol–water partition coefficient (Wildman–Crippen LogP) is 0.945. The van der Waals surface area contributed by atoms with Gasteiger partial charge in [-0.25, -0.2) is 0 Å². The third-order valence-electron chi connectivity index (χ3n) is 4.56. The van der Waals surface area contributed by atoms with Gasteiger partial charge in [0.05, 0.1) is 38.9 Å². The lowest BCUT2D eigenvalue weighted by molar-refractivity contribution is -0.917. The van der Waals surface area contributed by atoms with E-state index in [1.165, 1.54) is 4.90 Å². The molecule has 1 aromatic rings. The van der Waals surface area contributed by atoms with Crippen LogP contribution in [0.4, 0.5) is 0 Å². The van der Waals surface area contributed by atoms with Crippen LogP contribution in [-0.2, 0) is 16.8 Å². The van der Waals surface area contributed by atoms with Crippen LogP contribution in [0.15, 0.2) is 12.1 Å². The number of aromatic hydroxyl groups is 1. The van der Waals surface area contributed by atoms with E-state index >= 15 is 0 Å². The zero-order chi connectivity index (χ0) is 17.2. The largest absolute Gasteiger partial charge is 0.507 e. The van der Waals surface area contributed by atoms with Gasteiger partial charge in [-0.1, -0.05) is 20.8 Å². The van der Waals surface area contributed by atoms with Crippen LogP contribution in [0.3, 0.4) is 0 Å². The summed E-state index contributed by atoms with van der Waals surface area (Å²) < 4.78 is 5.41. The molecule has 0 radical (unpaired) electrons. The van der Waals surface area contributed by atoms with Crippen molar-refractivity contribution in [3.8, 4) is 11.5 Å². The van der Waals surface area contributed by atoms with Crippen LogP contribution in [-0.4, -0.2) is 49.2 Å². The zero-order valence-electron chi connectivity index (χ0n) is 14.9. The van der Waals surface area contributed by atoms with Gasteiger partial charge in [0.2, 0.25) is 5.91 Å². The lowest BCUT2D eigenvalue weighted by Gasteiger charge is -2.32. The number of nitrogens with zero attached hydrogens (tertiary/aromatic N) is 1. The summed E-state index contributed by atoms with van der Waals surface area (Å²) in [6, 6.07) is 3.84. The van der Waals surface area contributed by atoms with Gasteiger partial charge in [-0.2, -0.15) is 0 Å². The van der Waals surface area contributed by atoms with Gasteiger partial charge in [-0.05, 0) is 17.5 Å². The van der Waals surface area contributed by atoms with E-state index in [0.717, 1.165) is 49.6 Å². The van der Waals surface area contributed by atoms with Gasteiger partial charge >= 0.3 is 0 Å². The van der Waals surface area contributed by atoms with Crippen molar-refractivity contribution in [1.82, 2.24) is 4.90 Å². The first-order valence-electron chi connectivity index (χ1n) is 8.22. The monoisotopic (exact) mass is 321 g/mol. The number of phenolic OH excluding ortho intramolecular Hbond substituents is 1. The maximum Gasteiger partial charge on any atom is 0.219 e. The Hall–Kier alpha value is -1.75. The number of nitrogens with one attached hydrogen (secondary N) is 1. The van der Waals surface area contributed by atoms with Crippen molar-refractivity contribution in [2.75, 3.05) is 33.3 Å². The van der Waals surface area contributed by atoms with Crippen LogP contribution in [0.5, 0.6) is 11.5 Å². The highest BCUT2D eigenvalue weighted by molar-refractivity contribution is 5.73. The molecule has 1 fully saturated rings. The number of piperazine rings is 1. The van der Waals surface area contributed by atoms with E-state index in [0.29, 0.717) is 5.75 Å². The summed E-state index contributed by atoms with van der Waals surface area (Å²) in [6.45, 7) is 12.0. The maximum atomic E-state index is 11.4. The van der Waals surface area contributed by atoms with Crippen LogP contribution in [0, 0.1) is 0 Å². The summed E-state index contributed by atoms with van der Waals surface area (Å²) in [7, 11) is 1.65. The predicted molar refractivity (Wildman–Crippen MR) is 90.0 cm³/mol. The third kappa shape index (κ3) is 4.16. The molecule has 1 amide bonds. The fourth-order valence-corrected chi connectivity index (χ4v) is 3.07. The molecule has 0 spiro atoms. The zero-order valence-corrected chi connectivity index (χ0v) is 14.9. The number of ether oxygens (including phenoxy) is 1. The minimum atomic E-state index is -0.143. The summed E-state index contributed by atoms with van der Waals surface area (Å²) in [5.41, 5.74) is 1.69. The average molecular weight is 321 g/mol. The lowest BCUT2D eigenvalue weighted by atomic mass is 9.85. The van der Waals surface area contributed by atoms with Crippen molar-refractivity contribution in [3.05, 3.63) is 23.3 Å². The smallest absolute Gasteiger partial charge is 0.219 e. The first-order valence-corrected chi connectivity index (χ1v) is 8.22. The molecule has 0 unspecified atom stereocenters. The Balaban J connectivity index is 2.18. The van der Waals surface area contributed by atoms with E-state index < -0.39 is 0 Å². The minimum absolute atomic E-state index is 0.142. The number of hydrogen-bond donors (Lipinski definition) is 2. The second kappa shape index (κ2) is 6.79. The Morgan fingerprint density at radius 2 is 1.91 bits per heavy atom. The number of quaternary nitrogens is 1. The van der Waals surface area contributed by atoms with E-state index in [9.17, 15) is 9.90 Å². The van der Waals surface area contributed by atoms with Crippen molar-refractivity contribution < 1.29 is 19.5 Å². The normalized spacial score (nSPS) is 16.5. The van der Waals surface area contributed by atoms with Crippen molar-refractivity contribution in [2.24, 2.45) is 0 Å². The van der Waals surface area contributed by atoms with Crippen LogP contribution < -0.4 is 9.64 Å². The molecule has 23 heavy (non-hydrogen) atoms. The molecule has 5 heteroatoms. The molecule has 1 heterocycles. The molecule has 2 N–H and O–H groups in total. The van der Waals surface area contributed by atoms with E-state index in [2.05, 4.69) is 20.8 Å². The second-order valence-corrected chi connectivity index (χ2v) is 7.37. The van der Waals surface area contributed by atoms with Crippen LogP contribution in [0.1, 0.15) is 38.8 Å².